The Hall–Kier alpha value is -1.76. The Morgan fingerprint density at radius 1 is 1.41 bits per heavy atom. The number of carbonyl (C=O) groups is 1. The topological polar surface area (TPSA) is 46.5 Å². The first kappa shape index (κ1) is 11.7. The first-order chi connectivity index (χ1) is 7.99. The molecule has 90 valence electrons. The van der Waals surface area contributed by atoms with E-state index in [1.807, 2.05) is 0 Å². The van der Waals surface area contributed by atoms with Crippen LogP contribution >= 0.6 is 11.3 Å². The van der Waals surface area contributed by atoms with E-state index in [-0.39, 0.29) is 15.0 Å². The molecule has 0 radical (unpaired) electrons. The van der Waals surface area contributed by atoms with Crippen LogP contribution in [0.2, 0.25) is 0 Å². The summed E-state index contributed by atoms with van der Waals surface area (Å²) in [5.74, 6) is -2.38. The summed E-state index contributed by atoms with van der Waals surface area (Å²) in [7, 11) is 0. The highest BCUT2D eigenvalue weighted by atomic mass is 32.1. The lowest BCUT2D eigenvalue weighted by Crippen LogP contribution is -2.05. The highest BCUT2D eigenvalue weighted by Crippen LogP contribution is 2.38. The Kier molecular flexibility index (Phi) is 2.93. The lowest BCUT2D eigenvalue weighted by molar-refractivity contribution is -0.0489. The first-order valence-electron chi connectivity index (χ1n) is 4.39. The van der Waals surface area contributed by atoms with Gasteiger partial charge < -0.3 is 9.84 Å². The normalized spacial score (nSPS) is 11.1. The van der Waals surface area contributed by atoms with Crippen molar-refractivity contribution in [2.45, 2.75) is 6.61 Å². The number of halogens is 3. The van der Waals surface area contributed by atoms with Gasteiger partial charge in [0.05, 0.1) is 0 Å². The summed E-state index contributed by atoms with van der Waals surface area (Å²) in [6, 6.07) is 3.34. The van der Waals surface area contributed by atoms with Gasteiger partial charge in [0.15, 0.2) is 10.6 Å². The van der Waals surface area contributed by atoms with E-state index >= 15 is 0 Å². The van der Waals surface area contributed by atoms with Gasteiger partial charge in [0, 0.05) is 10.1 Å². The summed E-state index contributed by atoms with van der Waals surface area (Å²) in [5, 5.41) is 9.00. The van der Waals surface area contributed by atoms with Crippen LogP contribution in [0.1, 0.15) is 9.67 Å². The molecule has 0 aliphatic carbocycles. The summed E-state index contributed by atoms with van der Waals surface area (Å²) in [6.45, 7) is -3.13. The van der Waals surface area contributed by atoms with Crippen LogP contribution in [0.15, 0.2) is 18.2 Å². The van der Waals surface area contributed by atoms with Crippen molar-refractivity contribution in [2.24, 2.45) is 0 Å². The number of thiophene rings is 1. The maximum absolute atomic E-state index is 12.9. The molecule has 7 heteroatoms. The largest absolute Gasteiger partial charge is 0.477 e. The molecule has 2 rings (SSSR count). The fraction of sp³-hybridized carbons (Fsp3) is 0.100. The van der Waals surface area contributed by atoms with Crippen molar-refractivity contribution >= 4 is 27.4 Å². The number of benzene rings is 1. The van der Waals surface area contributed by atoms with Crippen molar-refractivity contribution in [1.82, 2.24) is 0 Å². The van der Waals surface area contributed by atoms with Crippen molar-refractivity contribution < 1.29 is 27.8 Å². The molecular formula is C10H5F3O3S. The monoisotopic (exact) mass is 262 g/mol. The van der Waals surface area contributed by atoms with Crippen LogP contribution in [0, 0.1) is 5.82 Å². The minimum atomic E-state index is -3.13. The van der Waals surface area contributed by atoms with E-state index in [4.69, 9.17) is 5.11 Å². The fourth-order valence-electron chi connectivity index (χ4n) is 1.39. The van der Waals surface area contributed by atoms with Gasteiger partial charge in [-0.2, -0.15) is 8.78 Å². The number of ether oxygens (including phenoxy) is 1. The number of hydrogen-bond acceptors (Lipinski definition) is 3. The SMILES string of the molecule is O=C(O)c1sc2cc(F)ccc2c1OC(F)F. The molecule has 0 saturated heterocycles. The molecule has 0 saturated carbocycles. The number of carboxylic acids is 1. The molecule has 0 unspecified atom stereocenters. The van der Waals surface area contributed by atoms with Crippen molar-refractivity contribution in [3.05, 3.63) is 28.9 Å². The van der Waals surface area contributed by atoms with Crippen LogP contribution in [0.25, 0.3) is 10.1 Å². The van der Waals surface area contributed by atoms with Gasteiger partial charge in [-0.3, -0.25) is 0 Å². The number of hydrogen-bond donors (Lipinski definition) is 1. The molecule has 1 aromatic carbocycles. The van der Waals surface area contributed by atoms with Crippen LogP contribution in [-0.2, 0) is 0 Å². The van der Waals surface area contributed by atoms with E-state index in [9.17, 15) is 18.0 Å². The Morgan fingerprint density at radius 2 is 2.12 bits per heavy atom. The molecule has 0 bridgehead atoms. The molecule has 17 heavy (non-hydrogen) atoms. The van der Waals surface area contributed by atoms with E-state index in [0.717, 1.165) is 12.1 Å². The summed E-state index contributed by atoms with van der Waals surface area (Å²) in [4.78, 5) is 10.5. The van der Waals surface area contributed by atoms with Crippen molar-refractivity contribution in [2.75, 3.05) is 0 Å². The van der Waals surface area contributed by atoms with Gasteiger partial charge in [0.25, 0.3) is 0 Å². The second-order valence-electron chi connectivity index (χ2n) is 3.08. The molecule has 0 amide bonds. The molecule has 0 fully saturated rings. The lowest BCUT2D eigenvalue weighted by atomic mass is 10.2. The minimum absolute atomic E-state index is 0.161. The van der Waals surface area contributed by atoms with Crippen LogP contribution in [-0.4, -0.2) is 17.7 Å². The maximum atomic E-state index is 12.9. The van der Waals surface area contributed by atoms with Gasteiger partial charge in [-0.1, -0.05) is 0 Å². The third kappa shape index (κ3) is 2.19. The molecule has 1 heterocycles. The van der Waals surface area contributed by atoms with E-state index < -0.39 is 24.1 Å². The third-order valence-electron chi connectivity index (χ3n) is 2.01. The Bertz CT molecular complexity index is 579. The molecule has 2 aromatic rings. The molecule has 0 aliphatic rings. The van der Waals surface area contributed by atoms with E-state index in [0.29, 0.717) is 11.3 Å². The van der Waals surface area contributed by atoms with Crippen LogP contribution < -0.4 is 4.74 Å². The predicted octanol–water partition coefficient (Wildman–Crippen LogP) is 3.34. The van der Waals surface area contributed by atoms with Crippen LogP contribution in [0.3, 0.4) is 0 Å². The van der Waals surface area contributed by atoms with Gasteiger partial charge in [-0.05, 0) is 18.2 Å². The van der Waals surface area contributed by atoms with Crippen molar-refractivity contribution in [3.8, 4) is 5.75 Å². The smallest absolute Gasteiger partial charge is 0.387 e. The van der Waals surface area contributed by atoms with E-state index in [1.54, 1.807) is 0 Å². The molecule has 1 aromatic heterocycles. The van der Waals surface area contributed by atoms with Gasteiger partial charge in [0.1, 0.15) is 5.82 Å². The molecule has 1 N–H and O–H groups in total. The zero-order valence-electron chi connectivity index (χ0n) is 8.12. The number of alkyl halides is 2. The predicted molar refractivity (Wildman–Crippen MR) is 55.4 cm³/mol. The van der Waals surface area contributed by atoms with Crippen molar-refractivity contribution in [3.63, 3.8) is 0 Å². The standard InChI is InChI=1S/C10H5F3O3S/c11-4-1-2-5-6(3-4)17-8(9(14)15)7(5)16-10(12)13/h1-3,10H,(H,14,15). The third-order valence-corrected chi connectivity index (χ3v) is 3.13. The Morgan fingerprint density at radius 3 is 2.71 bits per heavy atom. The fourth-order valence-corrected chi connectivity index (χ4v) is 2.39. The quantitative estimate of drug-likeness (QED) is 0.922. The zero-order chi connectivity index (χ0) is 12.6. The van der Waals surface area contributed by atoms with E-state index in [2.05, 4.69) is 4.74 Å². The summed E-state index contributed by atoms with van der Waals surface area (Å²) >= 11 is 0.690. The lowest BCUT2D eigenvalue weighted by Gasteiger charge is -2.03. The number of fused-ring (bicyclic) bond motifs is 1. The highest BCUT2D eigenvalue weighted by Gasteiger charge is 2.22. The van der Waals surface area contributed by atoms with Crippen molar-refractivity contribution in [1.29, 1.82) is 0 Å². The van der Waals surface area contributed by atoms with Crippen LogP contribution in [0.5, 0.6) is 5.75 Å². The summed E-state index contributed by atoms with van der Waals surface area (Å²) < 4.78 is 41.7. The van der Waals surface area contributed by atoms with Gasteiger partial charge in [0.2, 0.25) is 0 Å². The number of rotatable bonds is 3. The van der Waals surface area contributed by atoms with E-state index in [1.165, 1.54) is 6.07 Å². The zero-order valence-corrected chi connectivity index (χ0v) is 8.93. The second kappa shape index (κ2) is 4.25. The molecular weight excluding hydrogens is 257 g/mol. The molecule has 0 atom stereocenters. The summed E-state index contributed by atoms with van der Waals surface area (Å²) in [6.07, 6.45) is 0. The van der Waals surface area contributed by atoms with Gasteiger partial charge >= 0.3 is 12.6 Å². The van der Waals surface area contributed by atoms with Crippen LogP contribution in [0.4, 0.5) is 13.2 Å². The average Bonchev–Trinajstić information content (AvgIpc) is 2.55. The molecule has 0 aliphatic heterocycles. The molecule has 0 spiro atoms. The highest BCUT2D eigenvalue weighted by molar-refractivity contribution is 7.21. The molecule has 3 nitrogen and oxygen atoms in total. The number of carboxylic acid groups (broad SMARTS) is 1. The second-order valence-corrected chi connectivity index (χ2v) is 4.14. The Labute approximate surface area is 97.0 Å². The Balaban J connectivity index is 2.66. The average molecular weight is 262 g/mol. The maximum Gasteiger partial charge on any atom is 0.387 e. The van der Waals surface area contributed by atoms with Gasteiger partial charge in [-0.25, -0.2) is 9.18 Å². The summed E-state index contributed by atoms with van der Waals surface area (Å²) in [5.41, 5.74) is 0. The minimum Gasteiger partial charge on any atom is -0.477 e. The first-order valence-corrected chi connectivity index (χ1v) is 5.21. The number of aromatic carboxylic acids is 1. The van der Waals surface area contributed by atoms with Gasteiger partial charge in [-0.15, -0.1) is 11.3 Å².